The molecule has 12 aromatic rings. The number of rotatable bonds is 3. The third kappa shape index (κ3) is 4.41. The molecule has 12 rings (SSSR count). The number of hydrogen-bond acceptors (Lipinski definition) is 1. The minimum atomic E-state index is 0.408. The minimum absolute atomic E-state index is 0.408. The van der Waals surface area contributed by atoms with Crippen LogP contribution in [0.25, 0.3) is 120 Å². The molecule has 0 spiro atoms. The molecule has 0 fully saturated rings. The van der Waals surface area contributed by atoms with E-state index in [1.165, 1.54) is 43.8 Å². The first-order valence-corrected chi connectivity index (χ1v) is 18.9. The normalized spacial score (nSPS) is 12.3. The van der Waals surface area contributed by atoms with Crippen molar-refractivity contribution >= 4 is 86.6 Å². The van der Waals surface area contributed by atoms with E-state index in [1.807, 2.05) is 0 Å². The van der Waals surface area contributed by atoms with Gasteiger partial charge in [-0.2, -0.15) is 0 Å². The van der Waals surface area contributed by atoms with Gasteiger partial charge in [0.1, 0.15) is 11.2 Å². The predicted molar refractivity (Wildman–Crippen MR) is 235 cm³/mol. The highest BCUT2D eigenvalue weighted by Gasteiger charge is 2.22. The van der Waals surface area contributed by atoms with Crippen molar-refractivity contribution in [2.45, 2.75) is 0 Å². The lowest BCUT2D eigenvalue weighted by Crippen LogP contribution is -1.93. The van der Waals surface area contributed by atoms with Crippen molar-refractivity contribution in [1.29, 1.82) is 0 Å². The van der Waals surface area contributed by atoms with Gasteiger partial charge >= 0.3 is 0 Å². The Bertz CT molecular complexity index is 3550. The standard InChI is InChI=1S/C54H32O/c1-4-18-37-33(14-1)17-13-27-40(37)48-31-36(30-35-16-3-5-19-38(35)48)51-43-23-9-11-25-45(43)52(46-26-12-10-24-44(46)51)49-32-50-53(42-22-8-7-21-41(42)49)47-29-28-34-15-2-6-20-39(34)54(47)55-50/h1-32H/i32D. The van der Waals surface area contributed by atoms with Crippen LogP contribution >= 0.6 is 0 Å². The quantitative estimate of drug-likeness (QED) is 0.168. The minimum Gasteiger partial charge on any atom is -0.455 e. The highest BCUT2D eigenvalue weighted by atomic mass is 16.3. The Balaban J connectivity index is 1.21. The molecule has 0 bridgehead atoms. The SMILES string of the molecule is [2H]c1c(-c2c3ccccc3c(-c3cc(-c4cccc5ccccc45)c4ccccc4c3)c3ccccc23)c2ccccc2c2c1oc1c3ccccc3ccc12. The first-order chi connectivity index (χ1) is 27.7. The van der Waals surface area contributed by atoms with Gasteiger partial charge < -0.3 is 4.42 Å². The van der Waals surface area contributed by atoms with Gasteiger partial charge in [0.25, 0.3) is 0 Å². The molecule has 0 aliphatic rings. The Morgan fingerprint density at radius 1 is 0.327 bits per heavy atom. The van der Waals surface area contributed by atoms with Crippen LogP contribution in [0.3, 0.4) is 0 Å². The Morgan fingerprint density at radius 2 is 0.836 bits per heavy atom. The van der Waals surface area contributed by atoms with E-state index in [0.717, 1.165) is 70.6 Å². The van der Waals surface area contributed by atoms with Crippen LogP contribution in [-0.4, -0.2) is 0 Å². The van der Waals surface area contributed by atoms with Crippen LogP contribution in [0, 0.1) is 0 Å². The zero-order valence-electron chi connectivity index (χ0n) is 30.8. The molecule has 0 N–H and O–H groups in total. The van der Waals surface area contributed by atoms with Gasteiger partial charge in [0, 0.05) is 16.2 Å². The molecule has 0 saturated carbocycles. The molecule has 1 aromatic heterocycles. The van der Waals surface area contributed by atoms with Gasteiger partial charge in [-0.3, -0.25) is 0 Å². The summed E-state index contributed by atoms with van der Waals surface area (Å²) < 4.78 is 16.9. The van der Waals surface area contributed by atoms with Crippen LogP contribution in [0.5, 0.6) is 0 Å². The lowest BCUT2D eigenvalue weighted by atomic mass is 9.83. The summed E-state index contributed by atoms with van der Waals surface area (Å²) in [6.07, 6.45) is 0. The van der Waals surface area contributed by atoms with Crippen LogP contribution in [0.1, 0.15) is 1.37 Å². The van der Waals surface area contributed by atoms with Crippen LogP contribution in [0.2, 0.25) is 0 Å². The van der Waals surface area contributed by atoms with Crippen molar-refractivity contribution in [3.63, 3.8) is 0 Å². The van der Waals surface area contributed by atoms with E-state index in [1.54, 1.807) is 0 Å². The van der Waals surface area contributed by atoms with Crippen molar-refractivity contribution in [3.05, 3.63) is 194 Å². The van der Waals surface area contributed by atoms with Crippen LogP contribution in [-0.2, 0) is 0 Å². The molecule has 1 nitrogen and oxygen atoms in total. The lowest BCUT2D eigenvalue weighted by Gasteiger charge is -2.20. The van der Waals surface area contributed by atoms with E-state index >= 15 is 0 Å². The first-order valence-electron chi connectivity index (χ1n) is 19.4. The second-order valence-electron chi connectivity index (χ2n) is 14.6. The molecule has 55 heavy (non-hydrogen) atoms. The van der Waals surface area contributed by atoms with Gasteiger partial charge in [0.15, 0.2) is 0 Å². The average Bonchev–Trinajstić information content (AvgIpc) is 3.67. The zero-order chi connectivity index (χ0) is 36.9. The van der Waals surface area contributed by atoms with E-state index < -0.39 is 0 Å². The molecule has 254 valence electrons. The molecule has 0 atom stereocenters. The van der Waals surface area contributed by atoms with Crippen molar-refractivity contribution in [1.82, 2.24) is 0 Å². The number of benzene rings is 11. The molecule has 0 radical (unpaired) electrons. The smallest absolute Gasteiger partial charge is 0.143 e. The van der Waals surface area contributed by atoms with Gasteiger partial charge in [-0.1, -0.05) is 170 Å². The summed E-state index contributed by atoms with van der Waals surface area (Å²) in [7, 11) is 0. The number of fused-ring (bicyclic) bond motifs is 11. The van der Waals surface area contributed by atoms with Gasteiger partial charge in [-0.25, -0.2) is 0 Å². The maximum Gasteiger partial charge on any atom is 0.143 e. The van der Waals surface area contributed by atoms with Gasteiger partial charge in [-0.15, -0.1) is 0 Å². The maximum absolute atomic E-state index is 10.1. The summed E-state index contributed by atoms with van der Waals surface area (Å²) in [5, 5.41) is 15.8. The molecular weight excluding hydrogens is 665 g/mol. The topological polar surface area (TPSA) is 13.1 Å². The Kier molecular flexibility index (Phi) is 6.19. The molecule has 0 aliphatic carbocycles. The summed E-state index contributed by atoms with van der Waals surface area (Å²) in [6.45, 7) is 0. The lowest BCUT2D eigenvalue weighted by molar-refractivity contribution is 0.673. The molecule has 1 heterocycles. The third-order valence-electron chi connectivity index (χ3n) is 11.7. The molecule has 0 aliphatic heterocycles. The number of hydrogen-bond donors (Lipinski definition) is 0. The molecule has 1 heteroatoms. The van der Waals surface area contributed by atoms with Crippen molar-refractivity contribution < 1.29 is 5.79 Å². The third-order valence-corrected chi connectivity index (χ3v) is 11.7. The fourth-order valence-electron chi connectivity index (χ4n) is 9.32. The van der Waals surface area contributed by atoms with Crippen molar-refractivity contribution in [2.24, 2.45) is 0 Å². The molecule has 11 aromatic carbocycles. The summed E-state index contributed by atoms with van der Waals surface area (Å²) >= 11 is 0. The van der Waals surface area contributed by atoms with Crippen LogP contribution in [0.15, 0.2) is 199 Å². The first kappa shape index (κ1) is 29.3. The van der Waals surface area contributed by atoms with E-state index in [-0.39, 0.29) is 0 Å². The number of furan rings is 1. The summed E-state index contributed by atoms with van der Waals surface area (Å²) in [5.41, 5.74) is 8.21. The van der Waals surface area contributed by atoms with E-state index in [0.29, 0.717) is 11.6 Å². The zero-order valence-corrected chi connectivity index (χ0v) is 29.8. The predicted octanol–water partition coefficient (Wildman–Crippen LogP) is 15.5. The van der Waals surface area contributed by atoms with E-state index in [9.17, 15) is 1.37 Å². The monoisotopic (exact) mass is 697 g/mol. The molecular formula is C54H32O. The summed E-state index contributed by atoms with van der Waals surface area (Å²) in [6, 6.07) is 68.0. The van der Waals surface area contributed by atoms with E-state index in [4.69, 9.17) is 4.42 Å². The highest BCUT2D eigenvalue weighted by Crippen LogP contribution is 2.49. The van der Waals surface area contributed by atoms with E-state index in [2.05, 4.69) is 188 Å². The molecule has 0 amide bonds. The summed E-state index contributed by atoms with van der Waals surface area (Å²) in [4.78, 5) is 0. The van der Waals surface area contributed by atoms with Crippen LogP contribution < -0.4 is 0 Å². The Hall–Kier alpha value is -7.22. The molecule has 0 unspecified atom stereocenters. The molecule has 0 saturated heterocycles. The largest absolute Gasteiger partial charge is 0.455 e. The Labute approximate surface area is 318 Å². The fourth-order valence-corrected chi connectivity index (χ4v) is 9.32. The maximum atomic E-state index is 10.1. The summed E-state index contributed by atoms with van der Waals surface area (Å²) in [5.74, 6) is 0. The van der Waals surface area contributed by atoms with Gasteiger partial charge in [0.05, 0.1) is 1.37 Å². The average molecular weight is 698 g/mol. The van der Waals surface area contributed by atoms with Crippen molar-refractivity contribution in [2.75, 3.05) is 0 Å². The second kappa shape index (κ2) is 11.6. The van der Waals surface area contributed by atoms with Crippen LogP contribution in [0.4, 0.5) is 0 Å². The highest BCUT2D eigenvalue weighted by molar-refractivity contribution is 6.29. The van der Waals surface area contributed by atoms with Crippen molar-refractivity contribution in [3.8, 4) is 33.4 Å². The van der Waals surface area contributed by atoms with Gasteiger partial charge in [0.2, 0.25) is 0 Å². The van der Waals surface area contributed by atoms with Gasteiger partial charge in [-0.05, 0) is 117 Å². The second-order valence-corrected chi connectivity index (χ2v) is 14.6. The Morgan fingerprint density at radius 3 is 1.53 bits per heavy atom. The fraction of sp³-hybridized carbons (Fsp3) is 0.